The van der Waals surface area contributed by atoms with Crippen LogP contribution in [0.3, 0.4) is 0 Å². The highest BCUT2D eigenvalue weighted by Gasteiger charge is 2.30. The number of halogens is 5. The minimum absolute atomic E-state index is 0.0528. The lowest BCUT2D eigenvalue weighted by Gasteiger charge is -2.09. The second-order valence-electron chi connectivity index (χ2n) is 3.64. The molecular formula is C13H11F5. The number of hydrogen-bond donors (Lipinski definition) is 0. The zero-order valence-electron chi connectivity index (χ0n) is 9.40. The van der Waals surface area contributed by atoms with Gasteiger partial charge in [0.05, 0.1) is 5.56 Å². The Morgan fingerprint density at radius 3 is 2.06 bits per heavy atom. The van der Waals surface area contributed by atoms with Gasteiger partial charge in [-0.3, -0.25) is 0 Å². The van der Waals surface area contributed by atoms with Crippen LogP contribution < -0.4 is 0 Å². The normalized spacial score (nSPS) is 11.2. The molecule has 0 aromatic heterocycles. The highest BCUT2D eigenvalue weighted by molar-refractivity contribution is 5.66. The van der Waals surface area contributed by atoms with Crippen LogP contribution in [-0.4, -0.2) is 0 Å². The molecule has 0 aliphatic rings. The van der Waals surface area contributed by atoms with E-state index in [1.54, 1.807) is 0 Å². The maximum absolute atomic E-state index is 12.7. The third kappa shape index (κ3) is 3.68. The van der Waals surface area contributed by atoms with Gasteiger partial charge in [-0.15, -0.1) is 6.58 Å². The summed E-state index contributed by atoms with van der Waals surface area (Å²) in [4.78, 5) is 0. The first-order valence-electron chi connectivity index (χ1n) is 5.19. The molecule has 0 amide bonds. The van der Waals surface area contributed by atoms with Crippen LogP contribution in [0, 0.1) is 0 Å². The third-order valence-corrected chi connectivity index (χ3v) is 2.39. The van der Waals surface area contributed by atoms with Gasteiger partial charge in [-0.2, -0.15) is 22.0 Å². The summed E-state index contributed by atoms with van der Waals surface area (Å²) in [5.41, 5.74) is -0.998. The van der Waals surface area contributed by atoms with Crippen molar-refractivity contribution in [1.29, 1.82) is 0 Å². The lowest BCUT2D eigenvalue weighted by molar-refractivity contribution is -0.137. The van der Waals surface area contributed by atoms with E-state index in [1.165, 1.54) is 6.08 Å². The van der Waals surface area contributed by atoms with Gasteiger partial charge in [0.15, 0.2) is 0 Å². The van der Waals surface area contributed by atoms with Crippen molar-refractivity contribution in [1.82, 2.24) is 0 Å². The standard InChI is InChI=1S/C13H11F5/c1-2-3-4-11(12(14)15)9-5-7-10(8-6-9)13(16,17)18/h2,5-8H,1,3-4H2. The summed E-state index contributed by atoms with van der Waals surface area (Å²) in [5.74, 6) is 0. The Labute approximate surface area is 101 Å². The second-order valence-corrected chi connectivity index (χ2v) is 3.64. The number of benzene rings is 1. The molecular weight excluding hydrogens is 251 g/mol. The van der Waals surface area contributed by atoms with E-state index < -0.39 is 17.8 Å². The fraction of sp³-hybridized carbons (Fsp3) is 0.231. The molecule has 1 rings (SSSR count). The molecule has 0 heterocycles. The first-order chi connectivity index (χ1) is 8.36. The van der Waals surface area contributed by atoms with Crippen LogP contribution >= 0.6 is 0 Å². The average molecular weight is 262 g/mol. The van der Waals surface area contributed by atoms with Crippen LogP contribution in [0.4, 0.5) is 22.0 Å². The number of hydrogen-bond acceptors (Lipinski definition) is 0. The van der Waals surface area contributed by atoms with Crippen molar-refractivity contribution in [2.24, 2.45) is 0 Å². The predicted octanol–water partition coefficient (Wildman–Crippen LogP) is 5.28. The molecule has 0 saturated heterocycles. The van der Waals surface area contributed by atoms with Crippen molar-refractivity contribution in [2.45, 2.75) is 19.0 Å². The van der Waals surface area contributed by atoms with Gasteiger partial charge >= 0.3 is 6.18 Å². The first-order valence-corrected chi connectivity index (χ1v) is 5.19. The Morgan fingerprint density at radius 2 is 1.67 bits per heavy atom. The Kier molecular flexibility index (Phi) is 4.64. The molecule has 0 fully saturated rings. The molecule has 0 atom stereocenters. The third-order valence-electron chi connectivity index (χ3n) is 2.39. The maximum Gasteiger partial charge on any atom is 0.416 e. The smallest absolute Gasteiger partial charge is 0.173 e. The monoisotopic (exact) mass is 262 g/mol. The van der Waals surface area contributed by atoms with Gasteiger partial charge in [0.25, 0.3) is 6.08 Å². The summed E-state index contributed by atoms with van der Waals surface area (Å²) in [6, 6.07) is 3.71. The van der Waals surface area contributed by atoms with Gasteiger partial charge in [-0.25, -0.2) is 0 Å². The summed E-state index contributed by atoms with van der Waals surface area (Å²) >= 11 is 0. The molecule has 1 aromatic rings. The van der Waals surface area contributed by atoms with Crippen molar-refractivity contribution in [2.75, 3.05) is 0 Å². The minimum atomic E-state index is -4.46. The quantitative estimate of drug-likeness (QED) is 0.511. The Hall–Kier alpha value is -1.65. The van der Waals surface area contributed by atoms with Crippen molar-refractivity contribution in [3.05, 3.63) is 54.1 Å². The molecule has 0 unspecified atom stereocenters. The summed E-state index contributed by atoms with van der Waals surface area (Å²) in [6.07, 6.45) is -4.47. The van der Waals surface area contributed by atoms with Crippen molar-refractivity contribution < 1.29 is 22.0 Å². The molecule has 0 saturated carbocycles. The van der Waals surface area contributed by atoms with E-state index in [0.29, 0.717) is 6.42 Å². The fourth-order valence-corrected chi connectivity index (χ4v) is 1.45. The summed E-state index contributed by atoms with van der Waals surface area (Å²) in [5, 5.41) is 0. The lowest BCUT2D eigenvalue weighted by atomic mass is 10.0. The first kappa shape index (κ1) is 14.4. The van der Waals surface area contributed by atoms with E-state index in [0.717, 1.165) is 24.3 Å². The zero-order valence-corrected chi connectivity index (χ0v) is 9.40. The fourth-order valence-electron chi connectivity index (χ4n) is 1.45. The minimum Gasteiger partial charge on any atom is -0.173 e. The Balaban J connectivity index is 3.02. The number of alkyl halides is 3. The molecule has 0 bridgehead atoms. The van der Waals surface area contributed by atoms with Gasteiger partial charge in [0.2, 0.25) is 0 Å². The topological polar surface area (TPSA) is 0 Å². The van der Waals surface area contributed by atoms with Gasteiger partial charge in [-0.1, -0.05) is 18.2 Å². The largest absolute Gasteiger partial charge is 0.416 e. The second kappa shape index (κ2) is 5.80. The molecule has 1 aromatic carbocycles. The van der Waals surface area contributed by atoms with Crippen LogP contribution in [0.15, 0.2) is 43.0 Å². The molecule has 0 spiro atoms. The van der Waals surface area contributed by atoms with Crippen molar-refractivity contribution in [3.63, 3.8) is 0 Å². The van der Waals surface area contributed by atoms with Gasteiger partial charge in [-0.05, 0) is 30.5 Å². The Bertz CT molecular complexity index is 435. The van der Waals surface area contributed by atoms with E-state index in [9.17, 15) is 22.0 Å². The number of allylic oxidation sites excluding steroid dienone is 2. The SMILES string of the molecule is C=CCCC(=C(F)F)c1ccc(C(F)(F)F)cc1. The molecule has 98 valence electrons. The van der Waals surface area contributed by atoms with Gasteiger partial charge in [0, 0.05) is 5.57 Å². The van der Waals surface area contributed by atoms with Crippen molar-refractivity contribution >= 4 is 5.57 Å². The summed E-state index contributed by atoms with van der Waals surface area (Å²) < 4.78 is 62.3. The van der Waals surface area contributed by atoms with Crippen LogP contribution in [-0.2, 0) is 6.18 Å². The Morgan fingerprint density at radius 1 is 1.11 bits per heavy atom. The van der Waals surface area contributed by atoms with E-state index in [-0.39, 0.29) is 17.6 Å². The predicted molar refractivity (Wildman–Crippen MR) is 60.0 cm³/mol. The average Bonchev–Trinajstić information content (AvgIpc) is 2.28. The molecule has 0 nitrogen and oxygen atoms in total. The van der Waals surface area contributed by atoms with E-state index in [1.807, 2.05) is 0 Å². The molecule has 5 heteroatoms. The van der Waals surface area contributed by atoms with E-state index in [4.69, 9.17) is 0 Å². The van der Waals surface area contributed by atoms with Crippen LogP contribution in [0.2, 0.25) is 0 Å². The summed E-state index contributed by atoms with van der Waals surface area (Å²) in [6.45, 7) is 3.42. The van der Waals surface area contributed by atoms with Gasteiger partial charge in [0.1, 0.15) is 0 Å². The highest BCUT2D eigenvalue weighted by atomic mass is 19.4. The van der Waals surface area contributed by atoms with E-state index >= 15 is 0 Å². The summed E-state index contributed by atoms with van der Waals surface area (Å²) in [7, 11) is 0. The highest BCUT2D eigenvalue weighted by Crippen LogP contribution is 2.32. The van der Waals surface area contributed by atoms with Crippen LogP contribution in [0.25, 0.3) is 5.57 Å². The van der Waals surface area contributed by atoms with E-state index in [2.05, 4.69) is 6.58 Å². The molecule has 0 N–H and O–H groups in total. The van der Waals surface area contributed by atoms with Crippen molar-refractivity contribution in [3.8, 4) is 0 Å². The number of rotatable bonds is 4. The zero-order chi connectivity index (χ0) is 13.8. The molecule has 0 aliphatic carbocycles. The van der Waals surface area contributed by atoms with Crippen LogP contribution in [0.5, 0.6) is 0 Å². The lowest BCUT2D eigenvalue weighted by Crippen LogP contribution is -2.04. The van der Waals surface area contributed by atoms with Gasteiger partial charge < -0.3 is 0 Å². The molecule has 0 radical (unpaired) electrons. The molecule has 0 aliphatic heterocycles. The molecule has 18 heavy (non-hydrogen) atoms. The van der Waals surface area contributed by atoms with Crippen LogP contribution in [0.1, 0.15) is 24.0 Å². The maximum atomic E-state index is 12.7.